The molecule has 0 fully saturated rings. The van der Waals surface area contributed by atoms with Gasteiger partial charge in [0.2, 0.25) is 5.91 Å². The zero-order chi connectivity index (χ0) is 10.3. The molecule has 2 unspecified atom stereocenters. The summed E-state index contributed by atoms with van der Waals surface area (Å²) in [4.78, 5) is 11.1. The minimum Gasteiger partial charge on any atom is -0.391 e. The monoisotopic (exact) mass is 187 g/mol. The van der Waals surface area contributed by atoms with Crippen molar-refractivity contribution >= 4 is 5.91 Å². The Morgan fingerprint density at radius 1 is 1.38 bits per heavy atom. The molecule has 3 heteroatoms. The number of carbonyl (C=O) groups is 1. The summed E-state index contributed by atoms with van der Waals surface area (Å²) in [6, 6.07) is -0.0765. The van der Waals surface area contributed by atoms with Crippen LogP contribution in [0.1, 0.15) is 46.5 Å². The van der Waals surface area contributed by atoms with Crippen molar-refractivity contribution in [1.82, 2.24) is 5.32 Å². The van der Waals surface area contributed by atoms with Crippen molar-refractivity contribution in [1.29, 1.82) is 0 Å². The SMILES string of the molecule is CCCC(O)C(CC)NC(=O)CC. The van der Waals surface area contributed by atoms with E-state index in [1.165, 1.54) is 0 Å². The molecule has 0 aliphatic rings. The maximum atomic E-state index is 11.1. The lowest BCUT2D eigenvalue weighted by Gasteiger charge is -2.22. The molecule has 3 nitrogen and oxygen atoms in total. The second kappa shape index (κ2) is 6.89. The Morgan fingerprint density at radius 3 is 2.38 bits per heavy atom. The molecule has 1 amide bonds. The van der Waals surface area contributed by atoms with Crippen LogP contribution in [0.15, 0.2) is 0 Å². The van der Waals surface area contributed by atoms with Gasteiger partial charge in [-0.2, -0.15) is 0 Å². The van der Waals surface area contributed by atoms with Gasteiger partial charge in [0.05, 0.1) is 12.1 Å². The van der Waals surface area contributed by atoms with Crippen molar-refractivity contribution in [2.24, 2.45) is 0 Å². The Kier molecular flexibility index (Phi) is 6.59. The zero-order valence-electron chi connectivity index (χ0n) is 8.84. The number of rotatable bonds is 6. The van der Waals surface area contributed by atoms with E-state index in [0.29, 0.717) is 6.42 Å². The molecule has 0 saturated heterocycles. The van der Waals surface area contributed by atoms with Gasteiger partial charge < -0.3 is 10.4 Å². The molecule has 0 aliphatic carbocycles. The summed E-state index contributed by atoms with van der Waals surface area (Å²) in [7, 11) is 0. The number of aliphatic hydroxyl groups is 1. The minimum atomic E-state index is -0.398. The Hall–Kier alpha value is -0.570. The maximum Gasteiger partial charge on any atom is 0.220 e. The lowest BCUT2D eigenvalue weighted by atomic mass is 10.0. The number of aliphatic hydroxyl groups excluding tert-OH is 1. The van der Waals surface area contributed by atoms with E-state index in [9.17, 15) is 9.90 Å². The molecule has 0 rings (SSSR count). The molecule has 78 valence electrons. The second-order valence-electron chi connectivity index (χ2n) is 3.29. The fraction of sp³-hybridized carbons (Fsp3) is 0.900. The third kappa shape index (κ3) is 4.88. The summed E-state index contributed by atoms with van der Waals surface area (Å²) in [5.41, 5.74) is 0. The third-order valence-electron chi connectivity index (χ3n) is 2.16. The molecule has 2 N–H and O–H groups in total. The number of nitrogens with one attached hydrogen (secondary N) is 1. The van der Waals surface area contributed by atoms with Gasteiger partial charge in [-0.1, -0.05) is 27.2 Å². The van der Waals surface area contributed by atoms with E-state index in [1.807, 2.05) is 20.8 Å². The van der Waals surface area contributed by atoms with E-state index in [4.69, 9.17) is 0 Å². The topological polar surface area (TPSA) is 49.3 Å². The Bertz CT molecular complexity index is 148. The van der Waals surface area contributed by atoms with Crippen LogP contribution in [0, 0.1) is 0 Å². The molecule has 0 aromatic heterocycles. The average molecular weight is 187 g/mol. The fourth-order valence-corrected chi connectivity index (χ4v) is 1.28. The van der Waals surface area contributed by atoms with Crippen LogP contribution < -0.4 is 5.32 Å². The quantitative estimate of drug-likeness (QED) is 0.661. The lowest BCUT2D eigenvalue weighted by Crippen LogP contribution is -2.42. The number of hydrogen-bond acceptors (Lipinski definition) is 2. The van der Waals surface area contributed by atoms with Crippen LogP contribution in [0.2, 0.25) is 0 Å². The first-order valence-electron chi connectivity index (χ1n) is 5.13. The van der Waals surface area contributed by atoms with Crippen molar-refractivity contribution in [3.63, 3.8) is 0 Å². The normalized spacial score (nSPS) is 15.1. The largest absolute Gasteiger partial charge is 0.391 e. The molecule has 0 spiro atoms. The molecular weight excluding hydrogens is 166 g/mol. The summed E-state index contributed by atoms with van der Waals surface area (Å²) in [5.74, 6) is 0.0157. The molecule has 0 aliphatic heterocycles. The first kappa shape index (κ1) is 12.4. The highest BCUT2D eigenvalue weighted by molar-refractivity contribution is 5.75. The summed E-state index contributed by atoms with van der Waals surface area (Å²) in [6.45, 7) is 5.81. The second-order valence-corrected chi connectivity index (χ2v) is 3.29. The predicted octanol–water partition coefficient (Wildman–Crippen LogP) is 1.45. The van der Waals surface area contributed by atoms with Crippen LogP contribution >= 0.6 is 0 Å². The molecule has 0 bridgehead atoms. The van der Waals surface area contributed by atoms with Crippen molar-refractivity contribution in [2.75, 3.05) is 0 Å². The van der Waals surface area contributed by atoms with Gasteiger partial charge in [-0.25, -0.2) is 0 Å². The highest BCUT2D eigenvalue weighted by Gasteiger charge is 2.17. The Labute approximate surface area is 80.5 Å². The molecule has 0 aromatic carbocycles. The summed E-state index contributed by atoms with van der Waals surface area (Å²) >= 11 is 0. The Balaban J connectivity index is 3.93. The van der Waals surface area contributed by atoms with Gasteiger partial charge in [-0.15, -0.1) is 0 Å². The fourth-order valence-electron chi connectivity index (χ4n) is 1.28. The highest BCUT2D eigenvalue weighted by Crippen LogP contribution is 2.05. The summed E-state index contributed by atoms with van der Waals surface area (Å²) in [5, 5.41) is 12.5. The zero-order valence-corrected chi connectivity index (χ0v) is 8.84. The smallest absolute Gasteiger partial charge is 0.220 e. The van der Waals surface area contributed by atoms with Gasteiger partial charge in [-0.3, -0.25) is 4.79 Å². The van der Waals surface area contributed by atoms with Crippen molar-refractivity contribution in [3.05, 3.63) is 0 Å². The van der Waals surface area contributed by atoms with Crippen LogP contribution in [-0.4, -0.2) is 23.2 Å². The van der Waals surface area contributed by atoms with E-state index >= 15 is 0 Å². The minimum absolute atomic E-state index is 0.0157. The molecule has 13 heavy (non-hydrogen) atoms. The van der Waals surface area contributed by atoms with E-state index < -0.39 is 6.10 Å². The first-order chi connectivity index (χ1) is 6.15. The van der Waals surface area contributed by atoms with Gasteiger partial charge in [0.1, 0.15) is 0 Å². The van der Waals surface area contributed by atoms with Gasteiger partial charge in [-0.05, 0) is 12.8 Å². The van der Waals surface area contributed by atoms with E-state index in [0.717, 1.165) is 19.3 Å². The van der Waals surface area contributed by atoms with Gasteiger partial charge in [0.25, 0.3) is 0 Å². The van der Waals surface area contributed by atoms with E-state index in [-0.39, 0.29) is 11.9 Å². The van der Waals surface area contributed by atoms with Crippen LogP contribution in [0.4, 0.5) is 0 Å². The lowest BCUT2D eigenvalue weighted by molar-refractivity contribution is -0.122. The van der Waals surface area contributed by atoms with Gasteiger partial charge in [0.15, 0.2) is 0 Å². The standard InChI is InChI=1S/C10H21NO2/c1-4-7-9(12)8(5-2)11-10(13)6-3/h8-9,12H,4-7H2,1-3H3,(H,11,13). The van der Waals surface area contributed by atoms with Crippen LogP contribution in [0.25, 0.3) is 0 Å². The van der Waals surface area contributed by atoms with Crippen LogP contribution in [-0.2, 0) is 4.79 Å². The van der Waals surface area contributed by atoms with Crippen molar-refractivity contribution < 1.29 is 9.90 Å². The average Bonchev–Trinajstić information content (AvgIpc) is 2.14. The first-order valence-corrected chi connectivity index (χ1v) is 5.13. The summed E-state index contributed by atoms with van der Waals surface area (Å²) < 4.78 is 0. The molecule has 0 saturated carbocycles. The van der Waals surface area contributed by atoms with Crippen LogP contribution in [0.3, 0.4) is 0 Å². The number of carbonyl (C=O) groups excluding carboxylic acids is 1. The molecule has 0 radical (unpaired) electrons. The molecule has 0 heterocycles. The van der Waals surface area contributed by atoms with Crippen LogP contribution in [0.5, 0.6) is 0 Å². The molecule has 2 atom stereocenters. The molecule has 0 aromatic rings. The summed E-state index contributed by atoms with van der Waals surface area (Å²) in [6.07, 6.45) is 2.57. The van der Waals surface area contributed by atoms with E-state index in [2.05, 4.69) is 5.32 Å². The number of hydrogen-bond donors (Lipinski definition) is 2. The van der Waals surface area contributed by atoms with Gasteiger partial charge >= 0.3 is 0 Å². The van der Waals surface area contributed by atoms with E-state index in [1.54, 1.807) is 0 Å². The van der Waals surface area contributed by atoms with Crippen molar-refractivity contribution in [2.45, 2.75) is 58.6 Å². The Morgan fingerprint density at radius 2 is 2.00 bits per heavy atom. The van der Waals surface area contributed by atoms with Gasteiger partial charge in [0, 0.05) is 6.42 Å². The maximum absolute atomic E-state index is 11.1. The highest BCUT2D eigenvalue weighted by atomic mass is 16.3. The van der Waals surface area contributed by atoms with Crippen molar-refractivity contribution in [3.8, 4) is 0 Å². The third-order valence-corrected chi connectivity index (χ3v) is 2.16. The molecular formula is C10H21NO2. The predicted molar refractivity (Wildman–Crippen MR) is 53.4 cm³/mol. The number of amides is 1.